The Bertz CT molecular complexity index is 658. The van der Waals surface area contributed by atoms with Crippen LogP contribution in [0.1, 0.15) is 35.7 Å². The summed E-state index contributed by atoms with van der Waals surface area (Å²) in [5.74, 6) is 0.0595. The van der Waals surface area contributed by atoms with Gasteiger partial charge in [-0.3, -0.25) is 4.79 Å². The van der Waals surface area contributed by atoms with Gasteiger partial charge in [0.1, 0.15) is 6.10 Å². The maximum Gasteiger partial charge on any atom is 0.319 e. The third-order valence-corrected chi connectivity index (χ3v) is 4.84. The van der Waals surface area contributed by atoms with Gasteiger partial charge in [-0.2, -0.15) is 0 Å². The summed E-state index contributed by atoms with van der Waals surface area (Å²) < 4.78 is 10.9. The number of amides is 3. The van der Waals surface area contributed by atoms with Crippen LogP contribution in [0.2, 0.25) is 0 Å². The molecule has 0 aliphatic carbocycles. The Morgan fingerprint density at radius 2 is 2.04 bits per heavy atom. The summed E-state index contributed by atoms with van der Waals surface area (Å²) in [6, 6.07) is 4.92. The summed E-state index contributed by atoms with van der Waals surface area (Å²) >= 11 is 0. The van der Waals surface area contributed by atoms with Gasteiger partial charge >= 0.3 is 6.03 Å². The first-order valence-electron chi connectivity index (χ1n) is 9.25. The number of ether oxygens (including phenoxy) is 2. The number of likely N-dealkylation sites (tertiary alicyclic amines) is 1. The van der Waals surface area contributed by atoms with Gasteiger partial charge in [0.15, 0.2) is 0 Å². The summed E-state index contributed by atoms with van der Waals surface area (Å²) in [6.07, 6.45) is 2.02. The Morgan fingerprint density at radius 3 is 2.73 bits per heavy atom. The molecule has 1 aromatic rings. The number of aryl methyl sites for hydroxylation is 1. The lowest BCUT2D eigenvalue weighted by molar-refractivity contribution is 0.0428. The Hall–Kier alpha value is -2.12. The molecular weight excluding hydrogens is 334 g/mol. The van der Waals surface area contributed by atoms with Gasteiger partial charge in [-0.1, -0.05) is 0 Å². The van der Waals surface area contributed by atoms with Crippen LogP contribution in [0.3, 0.4) is 0 Å². The number of urea groups is 1. The smallest absolute Gasteiger partial charge is 0.319 e. The van der Waals surface area contributed by atoms with Crippen molar-refractivity contribution in [1.82, 2.24) is 10.2 Å². The monoisotopic (exact) mass is 361 g/mol. The van der Waals surface area contributed by atoms with Crippen LogP contribution in [0, 0.1) is 6.92 Å². The summed E-state index contributed by atoms with van der Waals surface area (Å²) in [4.78, 5) is 26.6. The molecule has 2 aliphatic rings. The zero-order chi connectivity index (χ0) is 18.5. The lowest BCUT2D eigenvalue weighted by atomic mass is 10.1. The number of carbonyl (C=O) groups excluding carboxylic acids is 2. The third kappa shape index (κ3) is 4.34. The van der Waals surface area contributed by atoms with Gasteiger partial charge < -0.3 is 25.0 Å². The van der Waals surface area contributed by atoms with Crippen molar-refractivity contribution in [2.75, 3.05) is 38.2 Å². The predicted molar refractivity (Wildman–Crippen MR) is 98.5 cm³/mol. The van der Waals surface area contributed by atoms with Crippen molar-refractivity contribution in [3.8, 4) is 0 Å². The van der Waals surface area contributed by atoms with Crippen molar-refractivity contribution >= 4 is 17.6 Å². The molecule has 0 spiro atoms. The van der Waals surface area contributed by atoms with E-state index in [1.54, 1.807) is 12.1 Å². The van der Waals surface area contributed by atoms with Crippen LogP contribution in [0.15, 0.2) is 18.2 Å². The molecule has 3 rings (SSSR count). The number of nitrogens with zero attached hydrogens (tertiary/aromatic N) is 1. The van der Waals surface area contributed by atoms with E-state index in [1.807, 2.05) is 24.8 Å². The maximum atomic E-state index is 12.5. The van der Waals surface area contributed by atoms with Gasteiger partial charge in [-0.15, -0.1) is 0 Å². The summed E-state index contributed by atoms with van der Waals surface area (Å²) in [7, 11) is 0. The number of anilines is 1. The summed E-state index contributed by atoms with van der Waals surface area (Å²) in [6.45, 7) is 6.97. The van der Waals surface area contributed by atoms with Crippen molar-refractivity contribution in [3.05, 3.63) is 29.3 Å². The Balaban J connectivity index is 1.59. The predicted octanol–water partition coefficient (Wildman–Crippen LogP) is 2.16. The molecule has 2 saturated heterocycles. The summed E-state index contributed by atoms with van der Waals surface area (Å²) in [5.41, 5.74) is 2.21. The quantitative estimate of drug-likeness (QED) is 0.842. The molecule has 2 aliphatic heterocycles. The van der Waals surface area contributed by atoms with E-state index in [4.69, 9.17) is 9.47 Å². The van der Waals surface area contributed by atoms with Crippen molar-refractivity contribution in [3.63, 3.8) is 0 Å². The zero-order valence-corrected chi connectivity index (χ0v) is 15.4. The Labute approximate surface area is 154 Å². The molecule has 3 amide bonds. The largest absolute Gasteiger partial charge is 0.376 e. The van der Waals surface area contributed by atoms with Gasteiger partial charge in [-0.25, -0.2) is 4.79 Å². The maximum absolute atomic E-state index is 12.5. The van der Waals surface area contributed by atoms with Gasteiger partial charge in [0, 0.05) is 30.9 Å². The van der Waals surface area contributed by atoms with E-state index in [9.17, 15) is 9.59 Å². The van der Waals surface area contributed by atoms with Crippen molar-refractivity contribution in [2.45, 2.75) is 38.8 Å². The average Bonchev–Trinajstić information content (AvgIpc) is 3.29. The topological polar surface area (TPSA) is 79.9 Å². The third-order valence-electron chi connectivity index (χ3n) is 4.84. The number of carbonyl (C=O) groups is 2. The zero-order valence-electron chi connectivity index (χ0n) is 15.4. The van der Waals surface area contributed by atoms with E-state index < -0.39 is 0 Å². The van der Waals surface area contributed by atoms with E-state index in [0.29, 0.717) is 31.1 Å². The van der Waals surface area contributed by atoms with Gasteiger partial charge in [0.25, 0.3) is 5.91 Å². The highest BCUT2D eigenvalue weighted by molar-refractivity contribution is 5.96. The molecule has 7 heteroatoms. The first kappa shape index (κ1) is 18.7. The fourth-order valence-corrected chi connectivity index (χ4v) is 3.41. The number of nitrogens with one attached hydrogen (secondary N) is 2. The highest BCUT2D eigenvalue weighted by atomic mass is 16.5. The number of rotatable bonds is 5. The Morgan fingerprint density at radius 1 is 1.27 bits per heavy atom. The first-order chi connectivity index (χ1) is 12.6. The molecule has 0 bridgehead atoms. The molecular formula is C19H27N3O4. The molecule has 0 aromatic heterocycles. The van der Waals surface area contributed by atoms with E-state index in [1.165, 1.54) is 0 Å². The van der Waals surface area contributed by atoms with Gasteiger partial charge in [0.05, 0.1) is 19.3 Å². The molecule has 0 radical (unpaired) electrons. The van der Waals surface area contributed by atoms with Crippen LogP contribution in [0.5, 0.6) is 0 Å². The van der Waals surface area contributed by atoms with Crippen molar-refractivity contribution < 1.29 is 19.1 Å². The van der Waals surface area contributed by atoms with Crippen LogP contribution in [-0.4, -0.2) is 61.9 Å². The summed E-state index contributed by atoms with van der Waals surface area (Å²) in [5, 5.41) is 5.75. The minimum atomic E-state index is -0.299. The molecule has 2 N–H and O–H groups in total. The molecule has 7 nitrogen and oxygen atoms in total. The van der Waals surface area contributed by atoms with Gasteiger partial charge in [0.2, 0.25) is 0 Å². The second kappa shape index (κ2) is 8.51. The fourth-order valence-electron chi connectivity index (χ4n) is 3.41. The number of hydrogen-bond donors (Lipinski definition) is 2. The van der Waals surface area contributed by atoms with E-state index in [-0.39, 0.29) is 24.1 Å². The molecule has 0 unspecified atom stereocenters. The standard InChI is InChI=1S/C19H27N3O4/c1-3-26-17-12-25-11-16(17)21-19(24)20-15-7-6-14(10-13(15)2)18(23)22-8-4-5-9-22/h6-7,10,16-17H,3-5,8-9,11-12H2,1-2H3,(H2,20,21,24)/t16-,17-/m1/s1. The van der Waals surface area contributed by atoms with Crippen LogP contribution in [-0.2, 0) is 9.47 Å². The molecule has 26 heavy (non-hydrogen) atoms. The van der Waals surface area contributed by atoms with Gasteiger partial charge in [-0.05, 0) is 50.5 Å². The lowest BCUT2D eigenvalue weighted by Crippen LogP contribution is -2.45. The second-order valence-electron chi connectivity index (χ2n) is 6.77. The Kier molecular flexibility index (Phi) is 6.11. The number of hydrogen-bond acceptors (Lipinski definition) is 4. The lowest BCUT2D eigenvalue weighted by Gasteiger charge is -2.20. The van der Waals surface area contributed by atoms with Crippen LogP contribution in [0.4, 0.5) is 10.5 Å². The minimum Gasteiger partial charge on any atom is -0.376 e. The average molecular weight is 361 g/mol. The SMILES string of the molecule is CCO[C@@H]1COC[C@H]1NC(=O)Nc1ccc(C(=O)N2CCCC2)cc1C. The number of benzene rings is 1. The fraction of sp³-hybridized carbons (Fsp3) is 0.579. The molecule has 2 heterocycles. The van der Waals surface area contributed by atoms with E-state index >= 15 is 0 Å². The first-order valence-corrected chi connectivity index (χ1v) is 9.25. The highest BCUT2D eigenvalue weighted by Crippen LogP contribution is 2.20. The molecule has 142 valence electrons. The van der Waals surface area contributed by atoms with Crippen molar-refractivity contribution in [2.24, 2.45) is 0 Å². The van der Waals surface area contributed by atoms with E-state index in [2.05, 4.69) is 10.6 Å². The normalized spacial score (nSPS) is 22.5. The molecule has 0 saturated carbocycles. The second-order valence-corrected chi connectivity index (χ2v) is 6.77. The van der Waals surface area contributed by atoms with Crippen LogP contribution in [0.25, 0.3) is 0 Å². The van der Waals surface area contributed by atoms with E-state index in [0.717, 1.165) is 31.5 Å². The molecule has 1 aromatic carbocycles. The van der Waals surface area contributed by atoms with Crippen LogP contribution >= 0.6 is 0 Å². The molecule has 2 atom stereocenters. The van der Waals surface area contributed by atoms with Crippen LogP contribution < -0.4 is 10.6 Å². The molecule has 2 fully saturated rings. The minimum absolute atomic E-state index is 0.0595. The highest BCUT2D eigenvalue weighted by Gasteiger charge is 2.30. The van der Waals surface area contributed by atoms with Crippen molar-refractivity contribution in [1.29, 1.82) is 0 Å².